The molecule has 0 fully saturated rings. The number of rotatable bonds is 3. The minimum Gasteiger partial charge on any atom is -0.325 e. The second-order valence-corrected chi connectivity index (χ2v) is 3.23. The van der Waals surface area contributed by atoms with Crippen LogP contribution in [0, 0.1) is 0 Å². The molecule has 1 heterocycles. The van der Waals surface area contributed by atoms with Crippen LogP contribution in [-0.2, 0) is 11.0 Å². The monoisotopic (exact) mass is 232 g/mol. The lowest BCUT2D eigenvalue weighted by Crippen LogP contribution is -2.12. The molecular formula is C10H11F3N2O. The van der Waals surface area contributed by atoms with Crippen LogP contribution in [0.4, 0.5) is 18.9 Å². The summed E-state index contributed by atoms with van der Waals surface area (Å²) in [6.07, 6.45) is -2.44. The maximum atomic E-state index is 12.2. The Kier molecular flexibility index (Phi) is 3.87. The van der Waals surface area contributed by atoms with Gasteiger partial charge in [-0.05, 0) is 18.6 Å². The van der Waals surface area contributed by atoms with Crippen LogP contribution in [0.15, 0.2) is 18.3 Å². The van der Waals surface area contributed by atoms with E-state index < -0.39 is 11.9 Å². The Balaban J connectivity index is 2.69. The molecule has 1 amide bonds. The van der Waals surface area contributed by atoms with Crippen molar-refractivity contribution in [2.45, 2.75) is 25.9 Å². The molecule has 88 valence electrons. The van der Waals surface area contributed by atoms with Gasteiger partial charge in [0.05, 0.1) is 11.9 Å². The Hall–Kier alpha value is -1.59. The fourth-order valence-corrected chi connectivity index (χ4v) is 1.09. The lowest BCUT2D eigenvalue weighted by Gasteiger charge is -2.07. The molecule has 0 atom stereocenters. The van der Waals surface area contributed by atoms with E-state index in [2.05, 4.69) is 10.3 Å². The minimum absolute atomic E-state index is 0.232. The predicted octanol–water partition coefficient (Wildman–Crippen LogP) is 2.84. The van der Waals surface area contributed by atoms with Crippen LogP contribution in [0.2, 0.25) is 0 Å². The molecule has 0 bridgehead atoms. The fraction of sp³-hybridized carbons (Fsp3) is 0.400. The van der Waals surface area contributed by atoms with Crippen LogP contribution >= 0.6 is 0 Å². The molecule has 1 aromatic heterocycles. The molecule has 6 heteroatoms. The lowest BCUT2D eigenvalue weighted by molar-refractivity contribution is -0.141. The van der Waals surface area contributed by atoms with Crippen LogP contribution in [-0.4, -0.2) is 10.9 Å². The summed E-state index contributed by atoms with van der Waals surface area (Å²) in [4.78, 5) is 14.4. The number of carbonyl (C=O) groups excluding carboxylic acids is 1. The van der Waals surface area contributed by atoms with Crippen molar-refractivity contribution in [1.29, 1.82) is 0 Å². The molecule has 0 spiro atoms. The largest absolute Gasteiger partial charge is 0.433 e. The maximum Gasteiger partial charge on any atom is 0.433 e. The first-order valence-electron chi connectivity index (χ1n) is 4.76. The number of hydrogen-bond donors (Lipinski definition) is 1. The van der Waals surface area contributed by atoms with Gasteiger partial charge in [-0.15, -0.1) is 0 Å². The normalized spacial score (nSPS) is 11.2. The third-order valence-corrected chi connectivity index (χ3v) is 1.81. The molecule has 16 heavy (non-hydrogen) atoms. The molecule has 0 aliphatic carbocycles. The lowest BCUT2D eigenvalue weighted by atomic mass is 10.3. The van der Waals surface area contributed by atoms with Crippen LogP contribution < -0.4 is 5.32 Å². The first-order chi connectivity index (χ1) is 7.43. The number of nitrogens with zero attached hydrogens (tertiary/aromatic N) is 1. The zero-order chi connectivity index (χ0) is 12.2. The van der Waals surface area contributed by atoms with Crippen LogP contribution in [0.5, 0.6) is 0 Å². The van der Waals surface area contributed by atoms with E-state index in [1.807, 2.05) is 6.92 Å². The van der Waals surface area contributed by atoms with Crippen LogP contribution in [0.1, 0.15) is 25.5 Å². The van der Waals surface area contributed by atoms with E-state index in [4.69, 9.17) is 0 Å². The summed E-state index contributed by atoms with van der Waals surface area (Å²) in [5.41, 5.74) is -0.701. The average molecular weight is 232 g/mol. The van der Waals surface area contributed by atoms with E-state index >= 15 is 0 Å². The van der Waals surface area contributed by atoms with E-state index in [1.54, 1.807) is 0 Å². The van der Waals surface area contributed by atoms with E-state index in [0.717, 1.165) is 12.3 Å². The summed E-state index contributed by atoms with van der Waals surface area (Å²) < 4.78 is 36.5. The van der Waals surface area contributed by atoms with Crippen LogP contribution in [0.25, 0.3) is 0 Å². The molecule has 0 saturated carbocycles. The molecule has 0 aliphatic rings. The number of nitrogens with one attached hydrogen (secondary N) is 1. The summed E-state index contributed by atoms with van der Waals surface area (Å²) in [6, 6.07) is 2.02. The molecule has 0 saturated heterocycles. The van der Waals surface area contributed by atoms with Crippen LogP contribution in [0.3, 0.4) is 0 Å². The Bertz CT molecular complexity index is 359. The summed E-state index contributed by atoms with van der Waals surface area (Å²) in [5.74, 6) is -0.232. The summed E-state index contributed by atoms with van der Waals surface area (Å²) in [7, 11) is 0. The second-order valence-electron chi connectivity index (χ2n) is 3.23. The van der Waals surface area contributed by atoms with E-state index in [1.165, 1.54) is 6.07 Å². The summed E-state index contributed by atoms with van der Waals surface area (Å²) >= 11 is 0. The molecule has 1 N–H and O–H groups in total. The van der Waals surface area contributed by atoms with Crippen molar-refractivity contribution in [1.82, 2.24) is 4.98 Å². The molecule has 3 nitrogen and oxygen atoms in total. The first-order valence-corrected chi connectivity index (χ1v) is 4.76. The molecule has 0 aliphatic heterocycles. The van der Waals surface area contributed by atoms with Crippen molar-refractivity contribution in [3.63, 3.8) is 0 Å². The third kappa shape index (κ3) is 3.52. The van der Waals surface area contributed by atoms with Crippen molar-refractivity contribution in [3.8, 4) is 0 Å². The molecule has 1 aromatic rings. The highest BCUT2D eigenvalue weighted by atomic mass is 19.4. The van der Waals surface area contributed by atoms with Gasteiger partial charge < -0.3 is 5.32 Å². The van der Waals surface area contributed by atoms with Gasteiger partial charge in [-0.3, -0.25) is 4.79 Å². The van der Waals surface area contributed by atoms with Gasteiger partial charge in [-0.25, -0.2) is 4.98 Å². The molecule has 1 rings (SSSR count). The first kappa shape index (κ1) is 12.5. The minimum atomic E-state index is -4.45. The highest BCUT2D eigenvalue weighted by molar-refractivity contribution is 5.90. The molecule has 0 unspecified atom stereocenters. The molecule has 0 radical (unpaired) electrons. The summed E-state index contributed by atoms with van der Waals surface area (Å²) in [5, 5.41) is 2.45. The third-order valence-electron chi connectivity index (χ3n) is 1.81. The quantitative estimate of drug-likeness (QED) is 0.870. The number of hydrogen-bond acceptors (Lipinski definition) is 2. The van der Waals surface area contributed by atoms with E-state index in [9.17, 15) is 18.0 Å². The highest BCUT2D eigenvalue weighted by Crippen LogP contribution is 2.27. The van der Waals surface area contributed by atoms with Gasteiger partial charge in [0.1, 0.15) is 5.69 Å². The van der Waals surface area contributed by atoms with Crippen molar-refractivity contribution in [2.24, 2.45) is 0 Å². The van der Waals surface area contributed by atoms with Crippen molar-refractivity contribution >= 4 is 11.6 Å². The van der Waals surface area contributed by atoms with Crippen molar-refractivity contribution < 1.29 is 18.0 Å². The van der Waals surface area contributed by atoms with Gasteiger partial charge in [-0.2, -0.15) is 13.2 Å². The Morgan fingerprint density at radius 3 is 2.56 bits per heavy atom. The number of halogens is 3. The second kappa shape index (κ2) is 4.96. The standard InChI is InChI=1S/C10H11F3N2O/c1-2-3-9(16)15-7-4-5-8(14-6-7)10(11,12)13/h4-6H,2-3H2,1H3,(H,15,16). The zero-order valence-corrected chi connectivity index (χ0v) is 8.64. The molecular weight excluding hydrogens is 221 g/mol. The van der Waals surface area contributed by atoms with Crippen molar-refractivity contribution in [2.75, 3.05) is 5.32 Å². The average Bonchev–Trinajstić information content (AvgIpc) is 2.17. The number of carbonyl (C=O) groups is 1. The Labute approximate surface area is 90.7 Å². The van der Waals surface area contributed by atoms with Gasteiger partial charge in [0.15, 0.2) is 0 Å². The number of alkyl halides is 3. The highest BCUT2D eigenvalue weighted by Gasteiger charge is 2.32. The van der Waals surface area contributed by atoms with Gasteiger partial charge >= 0.3 is 6.18 Å². The SMILES string of the molecule is CCCC(=O)Nc1ccc(C(F)(F)F)nc1. The Morgan fingerprint density at radius 2 is 2.12 bits per heavy atom. The molecule has 0 aromatic carbocycles. The number of pyridine rings is 1. The number of amides is 1. The number of anilines is 1. The smallest absolute Gasteiger partial charge is 0.325 e. The van der Waals surface area contributed by atoms with Gasteiger partial charge in [-0.1, -0.05) is 6.92 Å². The predicted molar refractivity (Wildman–Crippen MR) is 52.8 cm³/mol. The van der Waals surface area contributed by atoms with E-state index in [0.29, 0.717) is 12.8 Å². The summed E-state index contributed by atoms with van der Waals surface area (Å²) in [6.45, 7) is 1.84. The Morgan fingerprint density at radius 1 is 1.44 bits per heavy atom. The number of aromatic nitrogens is 1. The van der Waals surface area contributed by atoms with Gasteiger partial charge in [0.25, 0.3) is 0 Å². The fourth-order valence-electron chi connectivity index (χ4n) is 1.09. The van der Waals surface area contributed by atoms with Crippen molar-refractivity contribution in [3.05, 3.63) is 24.0 Å². The topological polar surface area (TPSA) is 42.0 Å². The maximum absolute atomic E-state index is 12.2. The zero-order valence-electron chi connectivity index (χ0n) is 8.64. The van der Waals surface area contributed by atoms with E-state index in [-0.39, 0.29) is 11.6 Å². The van der Waals surface area contributed by atoms with Gasteiger partial charge in [0.2, 0.25) is 5.91 Å². The van der Waals surface area contributed by atoms with Gasteiger partial charge in [0, 0.05) is 6.42 Å².